The Morgan fingerprint density at radius 1 is 1.06 bits per heavy atom. The molecule has 1 rings (SSSR count). The third kappa shape index (κ3) is 2.68. The lowest BCUT2D eigenvalue weighted by Gasteiger charge is -2.21. The van der Waals surface area contributed by atoms with E-state index in [-0.39, 0.29) is 11.2 Å². The highest BCUT2D eigenvalue weighted by molar-refractivity contribution is 5.41. The number of benzene rings is 1. The van der Waals surface area contributed by atoms with Crippen LogP contribution in [0, 0.1) is 0 Å². The molecular formula is C12H15F3O. The van der Waals surface area contributed by atoms with Crippen LogP contribution in [-0.2, 0) is 11.6 Å². The molecule has 90 valence electrons. The molecule has 0 saturated heterocycles. The van der Waals surface area contributed by atoms with E-state index in [1.165, 1.54) is 19.2 Å². The summed E-state index contributed by atoms with van der Waals surface area (Å²) in [5, 5.41) is 0. The van der Waals surface area contributed by atoms with Crippen LogP contribution in [0.5, 0.6) is 5.75 Å². The Bertz CT molecular complexity index is 375. The fourth-order valence-corrected chi connectivity index (χ4v) is 1.39. The molecule has 1 nitrogen and oxygen atoms in total. The monoisotopic (exact) mass is 232 g/mol. The summed E-state index contributed by atoms with van der Waals surface area (Å²) in [7, 11) is 1.25. The largest absolute Gasteiger partial charge is 0.496 e. The van der Waals surface area contributed by atoms with E-state index < -0.39 is 11.7 Å². The zero-order valence-electron chi connectivity index (χ0n) is 9.77. The molecule has 16 heavy (non-hydrogen) atoms. The highest BCUT2D eigenvalue weighted by Gasteiger charge is 2.34. The molecule has 0 aliphatic carbocycles. The van der Waals surface area contributed by atoms with E-state index in [2.05, 4.69) is 0 Å². The summed E-state index contributed by atoms with van der Waals surface area (Å²) >= 11 is 0. The van der Waals surface area contributed by atoms with Crippen LogP contribution in [0.4, 0.5) is 13.2 Å². The average Bonchev–Trinajstić information content (AvgIpc) is 2.14. The van der Waals surface area contributed by atoms with Crippen molar-refractivity contribution < 1.29 is 17.9 Å². The predicted molar refractivity (Wildman–Crippen MR) is 56.7 cm³/mol. The highest BCUT2D eigenvalue weighted by Crippen LogP contribution is 2.38. The number of hydrogen-bond acceptors (Lipinski definition) is 1. The second-order valence-corrected chi connectivity index (χ2v) is 4.66. The van der Waals surface area contributed by atoms with Gasteiger partial charge in [0.1, 0.15) is 5.75 Å². The van der Waals surface area contributed by atoms with E-state index in [1.54, 1.807) is 0 Å². The Kier molecular flexibility index (Phi) is 3.22. The van der Waals surface area contributed by atoms with Crippen LogP contribution in [-0.4, -0.2) is 7.11 Å². The van der Waals surface area contributed by atoms with Crippen LogP contribution in [0.3, 0.4) is 0 Å². The van der Waals surface area contributed by atoms with Gasteiger partial charge in [0.05, 0.1) is 12.7 Å². The molecule has 4 heteroatoms. The van der Waals surface area contributed by atoms with Crippen molar-refractivity contribution in [3.63, 3.8) is 0 Å². The number of halogens is 3. The van der Waals surface area contributed by atoms with Crippen molar-refractivity contribution >= 4 is 0 Å². The SMILES string of the molecule is COc1cc(C(C)(C)C)ccc1C(F)(F)F. The van der Waals surface area contributed by atoms with Gasteiger partial charge in [0.25, 0.3) is 0 Å². The van der Waals surface area contributed by atoms with Crippen molar-refractivity contribution in [2.45, 2.75) is 32.4 Å². The summed E-state index contributed by atoms with van der Waals surface area (Å²) in [6, 6.07) is 4.01. The van der Waals surface area contributed by atoms with Gasteiger partial charge in [0.15, 0.2) is 0 Å². The molecule has 0 aromatic heterocycles. The highest BCUT2D eigenvalue weighted by atomic mass is 19.4. The lowest BCUT2D eigenvalue weighted by molar-refractivity contribution is -0.138. The molecule has 0 fully saturated rings. The molecule has 0 unspecified atom stereocenters. The van der Waals surface area contributed by atoms with E-state index >= 15 is 0 Å². The maximum absolute atomic E-state index is 12.6. The van der Waals surface area contributed by atoms with Crippen molar-refractivity contribution in [3.8, 4) is 5.75 Å². The smallest absolute Gasteiger partial charge is 0.419 e. The number of alkyl halides is 3. The Balaban J connectivity index is 3.28. The van der Waals surface area contributed by atoms with Gasteiger partial charge < -0.3 is 4.74 Å². The zero-order chi connectivity index (χ0) is 12.6. The molecule has 0 saturated carbocycles. The van der Waals surface area contributed by atoms with Gasteiger partial charge in [-0.25, -0.2) is 0 Å². The molecule has 1 aromatic rings. The van der Waals surface area contributed by atoms with E-state index in [0.29, 0.717) is 0 Å². The minimum atomic E-state index is -4.37. The van der Waals surface area contributed by atoms with Crippen LogP contribution >= 0.6 is 0 Å². The van der Waals surface area contributed by atoms with Crippen molar-refractivity contribution in [1.82, 2.24) is 0 Å². The molecule has 0 spiro atoms. The molecule has 0 bridgehead atoms. The topological polar surface area (TPSA) is 9.23 Å². The van der Waals surface area contributed by atoms with Crippen LogP contribution in [0.1, 0.15) is 31.9 Å². The number of methoxy groups -OCH3 is 1. The van der Waals surface area contributed by atoms with Crippen molar-refractivity contribution in [3.05, 3.63) is 29.3 Å². The molecule has 0 radical (unpaired) electrons. The summed E-state index contributed by atoms with van der Waals surface area (Å²) in [4.78, 5) is 0. The minimum absolute atomic E-state index is 0.125. The lowest BCUT2D eigenvalue weighted by Crippen LogP contribution is -2.13. The third-order valence-electron chi connectivity index (χ3n) is 2.37. The lowest BCUT2D eigenvalue weighted by atomic mass is 9.86. The quantitative estimate of drug-likeness (QED) is 0.710. The first-order valence-corrected chi connectivity index (χ1v) is 4.92. The minimum Gasteiger partial charge on any atom is -0.496 e. The van der Waals surface area contributed by atoms with Crippen molar-refractivity contribution in [2.75, 3.05) is 7.11 Å². The fraction of sp³-hybridized carbons (Fsp3) is 0.500. The Morgan fingerprint density at radius 2 is 1.62 bits per heavy atom. The van der Waals surface area contributed by atoms with E-state index in [1.807, 2.05) is 20.8 Å². The second-order valence-electron chi connectivity index (χ2n) is 4.66. The van der Waals surface area contributed by atoms with Gasteiger partial charge >= 0.3 is 6.18 Å². The van der Waals surface area contributed by atoms with Crippen LogP contribution in [0.15, 0.2) is 18.2 Å². The van der Waals surface area contributed by atoms with Gasteiger partial charge in [-0.15, -0.1) is 0 Å². The van der Waals surface area contributed by atoms with Crippen LogP contribution < -0.4 is 4.74 Å². The van der Waals surface area contributed by atoms with Crippen LogP contribution in [0.25, 0.3) is 0 Å². The molecule has 1 aromatic carbocycles. The summed E-state index contributed by atoms with van der Waals surface area (Å²) in [5.74, 6) is -0.125. The molecule has 0 aliphatic rings. The summed E-state index contributed by atoms with van der Waals surface area (Å²) < 4.78 is 42.5. The van der Waals surface area contributed by atoms with Gasteiger partial charge in [-0.1, -0.05) is 26.8 Å². The Morgan fingerprint density at radius 3 is 2.00 bits per heavy atom. The van der Waals surface area contributed by atoms with Gasteiger partial charge in [-0.05, 0) is 23.1 Å². The average molecular weight is 232 g/mol. The van der Waals surface area contributed by atoms with Crippen molar-refractivity contribution in [2.24, 2.45) is 0 Å². The van der Waals surface area contributed by atoms with E-state index in [9.17, 15) is 13.2 Å². The fourth-order valence-electron chi connectivity index (χ4n) is 1.39. The number of hydrogen-bond donors (Lipinski definition) is 0. The molecule has 0 atom stereocenters. The number of rotatable bonds is 1. The molecule has 0 N–H and O–H groups in total. The van der Waals surface area contributed by atoms with E-state index in [0.717, 1.165) is 11.6 Å². The second kappa shape index (κ2) is 4.00. The molecule has 0 amide bonds. The zero-order valence-corrected chi connectivity index (χ0v) is 9.77. The first kappa shape index (κ1) is 12.9. The normalized spacial score (nSPS) is 12.7. The molecule has 0 heterocycles. The molecule has 0 aliphatic heterocycles. The van der Waals surface area contributed by atoms with Gasteiger partial charge in [-0.3, -0.25) is 0 Å². The number of ether oxygens (including phenoxy) is 1. The van der Waals surface area contributed by atoms with Crippen molar-refractivity contribution in [1.29, 1.82) is 0 Å². The predicted octanol–water partition coefficient (Wildman–Crippen LogP) is 4.01. The summed E-state index contributed by atoms with van der Waals surface area (Å²) in [5.41, 5.74) is -0.113. The van der Waals surface area contributed by atoms with Gasteiger partial charge in [0, 0.05) is 0 Å². The van der Waals surface area contributed by atoms with E-state index in [4.69, 9.17) is 4.74 Å². The van der Waals surface area contributed by atoms with Crippen LogP contribution in [0.2, 0.25) is 0 Å². The summed E-state index contributed by atoms with van der Waals surface area (Å²) in [6.07, 6.45) is -4.37. The maximum Gasteiger partial charge on any atom is 0.419 e. The first-order chi connectivity index (χ1) is 7.16. The van der Waals surface area contributed by atoms with Gasteiger partial charge in [0.2, 0.25) is 0 Å². The Hall–Kier alpha value is -1.19. The molecular weight excluding hydrogens is 217 g/mol. The van der Waals surface area contributed by atoms with Gasteiger partial charge in [-0.2, -0.15) is 13.2 Å². The third-order valence-corrected chi connectivity index (χ3v) is 2.37. The standard InChI is InChI=1S/C12H15F3O/c1-11(2,3)8-5-6-9(12(13,14)15)10(7-8)16-4/h5-7H,1-4H3. The first-order valence-electron chi connectivity index (χ1n) is 4.92. The maximum atomic E-state index is 12.6. The summed E-state index contributed by atoms with van der Waals surface area (Å²) in [6.45, 7) is 5.82. The Labute approximate surface area is 93.2 Å².